The van der Waals surface area contributed by atoms with Gasteiger partial charge in [-0.25, -0.2) is 0 Å². The van der Waals surface area contributed by atoms with Crippen molar-refractivity contribution in [2.24, 2.45) is 11.8 Å². The minimum absolute atomic E-state index is 0.352. The zero-order chi connectivity index (χ0) is 10.7. The van der Waals surface area contributed by atoms with Gasteiger partial charge in [0.2, 0.25) is 0 Å². The number of nitrogens with two attached hydrogens (primary N) is 1. The average Bonchev–Trinajstić information content (AvgIpc) is 2.85. The van der Waals surface area contributed by atoms with Gasteiger partial charge in [0.05, 0.1) is 12.2 Å². The standard InChI is InChI=1S/C12H24N2O/c1-9-6-7-12(15-9)11(14-13)8-10-4-2-3-5-10/h9-12,14H,2-8,13H2,1H3. The van der Waals surface area contributed by atoms with Crippen LogP contribution in [-0.4, -0.2) is 18.2 Å². The van der Waals surface area contributed by atoms with E-state index in [9.17, 15) is 0 Å². The van der Waals surface area contributed by atoms with E-state index in [1.807, 2.05) is 0 Å². The molecule has 0 amide bonds. The van der Waals surface area contributed by atoms with Gasteiger partial charge in [0.15, 0.2) is 0 Å². The molecule has 1 aliphatic carbocycles. The zero-order valence-electron chi connectivity index (χ0n) is 9.74. The quantitative estimate of drug-likeness (QED) is 0.553. The third-order valence-corrected chi connectivity index (χ3v) is 3.99. The molecule has 0 aromatic heterocycles. The maximum atomic E-state index is 5.88. The molecule has 1 saturated heterocycles. The molecule has 2 fully saturated rings. The Hall–Kier alpha value is -0.120. The second kappa shape index (κ2) is 5.28. The smallest absolute Gasteiger partial charge is 0.0746 e. The molecule has 0 aromatic carbocycles. The van der Waals surface area contributed by atoms with E-state index in [-0.39, 0.29) is 0 Å². The minimum atomic E-state index is 0.352. The monoisotopic (exact) mass is 212 g/mol. The maximum Gasteiger partial charge on any atom is 0.0746 e. The van der Waals surface area contributed by atoms with E-state index in [0.29, 0.717) is 18.2 Å². The number of nitrogens with one attached hydrogen (secondary N) is 1. The molecule has 0 aromatic rings. The molecule has 0 radical (unpaired) electrons. The largest absolute Gasteiger partial charge is 0.374 e. The van der Waals surface area contributed by atoms with Gasteiger partial charge < -0.3 is 4.74 Å². The highest BCUT2D eigenvalue weighted by molar-refractivity contribution is 4.84. The number of hydrogen-bond donors (Lipinski definition) is 2. The van der Waals surface area contributed by atoms with Crippen LogP contribution < -0.4 is 11.3 Å². The lowest BCUT2D eigenvalue weighted by Gasteiger charge is -2.25. The Morgan fingerprint density at radius 2 is 2.00 bits per heavy atom. The second-order valence-corrected chi connectivity index (χ2v) is 5.22. The van der Waals surface area contributed by atoms with Crippen molar-refractivity contribution in [3.05, 3.63) is 0 Å². The van der Waals surface area contributed by atoms with Gasteiger partial charge in [0.25, 0.3) is 0 Å². The summed E-state index contributed by atoms with van der Waals surface area (Å²) in [5.41, 5.74) is 2.97. The minimum Gasteiger partial charge on any atom is -0.374 e. The fourth-order valence-electron chi connectivity index (χ4n) is 3.06. The molecule has 1 saturated carbocycles. The van der Waals surface area contributed by atoms with Gasteiger partial charge in [-0.05, 0) is 32.1 Å². The Morgan fingerprint density at radius 3 is 2.53 bits per heavy atom. The molecule has 88 valence electrons. The van der Waals surface area contributed by atoms with E-state index in [4.69, 9.17) is 10.6 Å². The van der Waals surface area contributed by atoms with Crippen molar-refractivity contribution in [2.75, 3.05) is 0 Å². The molecule has 3 atom stereocenters. The molecular weight excluding hydrogens is 188 g/mol. The summed E-state index contributed by atoms with van der Waals surface area (Å²) in [5.74, 6) is 6.53. The highest BCUT2D eigenvalue weighted by atomic mass is 16.5. The van der Waals surface area contributed by atoms with Gasteiger partial charge >= 0.3 is 0 Å². The summed E-state index contributed by atoms with van der Waals surface area (Å²) >= 11 is 0. The molecule has 15 heavy (non-hydrogen) atoms. The van der Waals surface area contributed by atoms with Gasteiger partial charge in [0, 0.05) is 6.04 Å². The molecule has 3 heteroatoms. The SMILES string of the molecule is CC1CCC(C(CC2CCCC2)NN)O1. The molecule has 1 aliphatic heterocycles. The molecule has 2 rings (SSSR count). The predicted octanol–water partition coefficient (Wildman–Crippen LogP) is 1.97. The van der Waals surface area contributed by atoms with Gasteiger partial charge in [-0.2, -0.15) is 0 Å². The van der Waals surface area contributed by atoms with E-state index >= 15 is 0 Å². The summed E-state index contributed by atoms with van der Waals surface area (Å²) in [6.45, 7) is 2.16. The van der Waals surface area contributed by atoms with Crippen LogP contribution in [0.4, 0.5) is 0 Å². The first-order valence-electron chi connectivity index (χ1n) is 6.41. The second-order valence-electron chi connectivity index (χ2n) is 5.22. The Balaban J connectivity index is 1.80. The lowest BCUT2D eigenvalue weighted by atomic mass is 9.94. The number of hydrazine groups is 1. The van der Waals surface area contributed by atoms with Crippen molar-refractivity contribution in [1.82, 2.24) is 5.43 Å². The maximum absolute atomic E-state index is 5.88. The summed E-state index contributed by atoms with van der Waals surface area (Å²) in [7, 11) is 0. The van der Waals surface area contributed by atoms with Crippen molar-refractivity contribution in [2.45, 2.75) is 70.1 Å². The molecule has 0 bridgehead atoms. The van der Waals surface area contributed by atoms with Gasteiger partial charge in [0.1, 0.15) is 0 Å². The Labute approximate surface area is 92.7 Å². The number of rotatable bonds is 4. The van der Waals surface area contributed by atoms with E-state index in [0.717, 1.165) is 5.92 Å². The van der Waals surface area contributed by atoms with Crippen LogP contribution >= 0.6 is 0 Å². The topological polar surface area (TPSA) is 47.3 Å². The summed E-state index contributed by atoms with van der Waals surface area (Å²) in [6, 6.07) is 0.373. The van der Waals surface area contributed by atoms with E-state index < -0.39 is 0 Å². The summed E-state index contributed by atoms with van der Waals surface area (Å²) in [5, 5.41) is 0. The lowest BCUT2D eigenvalue weighted by molar-refractivity contribution is 0.0263. The van der Waals surface area contributed by atoms with Gasteiger partial charge in [-0.1, -0.05) is 25.7 Å². The van der Waals surface area contributed by atoms with Crippen molar-refractivity contribution >= 4 is 0 Å². The fourth-order valence-corrected chi connectivity index (χ4v) is 3.06. The van der Waals surface area contributed by atoms with Gasteiger partial charge in [-0.3, -0.25) is 11.3 Å². The predicted molar refractivity (Wildman–Crippen MR) is 61.3 cm³/mol. The van der Waals surface area contributed by atoms with E-state index in [2.05, 4.69) is 12.3 Å². The fraction of sp³-hybridized carbons (Fsp3) is 1.00. The molecule has 2 aliphatic rings. The lowest BCUT2D eigenvalue weighted by Crippen LogP contribution is -2.45. The molecule has 3 N–H and O–H groups in total. The molecule has 3 nitrogen and oxygen atoms in total. The van der Waals surface area contributed by atoms with Crippen LogP contribution in [0.15, 0.2) is 0 Å². The van der Waals surface area contributed by atoms with Crippen LogP contribution in [0.5, 0.6) is 0 Å². The van der Waals surface area contributed by atoms with Crippen molar-refractivity contribution < 1.29 is 4.74 Å². The number of ether oxygens (including phenoxy) is 1. The first-order chi connectivity index (χ1) is 7.29. The normalized spacial score (nSPS) is 34.8. The van der Waals surface area contributed by atoms with Crippen molar-refractivity contribution in [3.63, 3.8) is 0 Å². The molecule has 3 unspecified atom stereocenters. The average molecular weight is 212 g/mol. The van der Waals surface area contributed by atoms with Crippen LogP contribution in [-0.2, 0) is 4.74 Å². The van der Waals surface area contributed by atoms with Gasteiger partial charge in [-0.15, -0.1) is 0 Å². The van der Waals surface area contributed by atoms with Crippen molar-refractivity contribution in [3.8, 4) is 0 Å². The Kier molecular flexibility index (Phi) is 4.00. The Bertz CT molecular complexity index is 192. The van der Waals surface area contributed by atoms with Crippen LogP contribution in [0.2, 0.25) is 0 Å². The first-order valence-corrected chi connectivity index (χ1v) is 6.41. The van der Waals surface area contributed by atoms with Crippen LogP contribution in [0.25, 0.3) is 0 Å². The molecule has 0 spiro atoms. The highest BCUT2D eigenvalue weighted by Crippen LogP contribution is 2.31. The van der Waals surface area contributed by atoms with Crippen LogP contribution in [0.3, 0.4) is 0 Å². The Morgan fingerprint density at radius 1 is 1.27 bits per heavy atom. The van der Waals surface area contributed by atoms with E-state index in [1.54, 1.807) is 0 Å². The zero-order valence-corrected chi connectivity index (χ0v) is 9.74. The third-order valence-electron chi connectivity index (χ3n) is 3.99. The van der Waals surface area contributed by atoms with Crippen LogP contribution in [0.1, 0.15) is 51.9 Å². The molecular formula is C12H24N2O. The van der Waals surface area contributed by atoms with Crippen molar-refractivity contribution in [1.29, 1.82) is 0 Å². The highest BCUT2D eigenvalue weighted by Gasteiger charge is 2.31. The number of hydrogen-bond acceptors (Lipinski definition) is 3. The van der Waals surface area contributed by atoms with E-state index in [1.165, 1.54) is 44.9 Å². The summed E-state index contributed by atoms with van der Waals surface area (Å²) in [6.07, 6.45) is 9.93. The summed E-state index contributed by atoms with van der Waals surface area (Å²) in [4.78, 5) is 0. The van der Waals surface area contributed by atoms with Crippen LogP contribution in [0, 0.1) is 5.92 Å². The third kappa shape index (κ3) is 2.92. The first kappa shape index (κ1) is 11.4. The molecule has 1 heterocycles. The summed E-state index contributed by atoms with van der Waals surface area (Å²) < 4.78 is 5.88.